The monoisotopic (exact) mass is 279 g/mol. The topological polar surface area (TPSA) is 61.8 Å². The molecule has 1 aromatic carbocycles. The smallest absolute Gasteiger partial charge is 0.170 e. The summed E-state index contributed by atoms with van der Waals surface area (Å²) >= 11 is 0. The van der Waals surface area contributed by atoms with Crippen molar-refractivity contribution in [1.29, 1.82) is 0 Å². The number of benzene rings is 1. The minimum Gasteiger partial charge on any atom is -0.409 e. The number of hydrogen-bond donors (Lipinski definition) is 2. The van der Waals surface area contributed by atoms with Gasteiger partial charge < -0.3 is 10.9 Å². The highest BCUT2D eigenvalue weighted by Gasteiger charge is 2.29. The molecule has 2 unspecified atom stereocenters. The number of nitrogens with zero attached hydrogens (tertiary/aromatic N) is 2. The Morgan fingerprint density at radius 2 is 2.20 bits per heavy atom. The fraction of sp³-hybridized carbons (Fsp3) is 0.533. The molecular formula is C15H22FN3O. The van der Waals surface area contributed by atoms with Gasteiger partial charge in [-0.3, -0.25) is 4.90 Å². The second-order valence-corrected chi connectivity index (χ2v) is 5.49. The largest absolute Gasteiger partial charge is 0.409 e. The lowest BCUT2D eigenvalue weighted by atomic mass is 10.1. The zero-order valence-corrected chi connectivity index (χ0v) is 12.0. The van der Waals surface area contributed by atoms with Crippen LogP contribution in [0.4, 0.5) is 4.39 Å². The average molecular weight is 279 g/mol. The molecule has 1 aliphatic heterocycles. The number of rotatable bonds is 4. The van der Waals surface area contributed by atoms with E-state index in [9.17, 15) is 4.39 Å². The van der Waals surface area contributed by atoms with Gasteiger partial charge in [-0.2, -0.15) is 0 Å². The Bertz CT molecular complexity index is 504. The third-order valence-corrected chi connectivity index (χ3v) is 4.15. The molecular weight excluding hydrogens is 257 g/mol. The standard InChI is InChI=1S/C15H22FN3O/c1-3-14-5-4-10(2)19(14)9-11-6-12(15(17)18-20)8-13(16)7-11/h6-8,10,14,20H,3-5,9H2,1-2H3,(H2,17,18). The number of nitrogens with two attached hydrogens (primary N) is 1. The summed E-state index contributed by atoms with van der Waals surface area (Å²) in [6, 6.07) is 5.65. The van der Waals surface area contributed by atoms with Crippen molar-refractivity contribution in [2.45, 2.75) is 51.7 Å². The number of hydrogen-bond acceptors (Lipinski definition) is 3. The molecule has 0 bridgehead atoms. The molecule has 3 N–H and O–H groups in total. The highest BCUT2D eigenvalue weighted by molar-refractivity contribution is 5.97. The van der Waals surface area contributed by atoms with Crippen molar-refractivity contribution >= 4 is 5.84 Å². The van der Waals surface area contributed by atoms with Crippen LogP contribution in [0.25, 0.3) is 0 Å². The van der Waals surface area contributed by atoms with Crippen molar-refractivity contribution in [3.63, 3.8) is 0 Å². The molecule has 0 aliphatic carbocycles. The fourth-order valence-corrected chi connectivity index (χ4v) is 3.01. The van der Waals surface area contributed by atoms with Gasteiger partial charge in [-0.25, -0.2) is 4.39 Å². The van der Waals surface area contributed by atoms with Gasteiger partial charge in [0.2, 0.25) is 0 Å². The molecule has 110 valence electrons. The molecule has 0 radical (unpaired) electrons. The summed E-state index contributed by atoms with van der Waals surface area (Å²) in [6.45, 7) is 5.09. The zero-order valence-electron chi connectivity index (χ0n) is 12.0. The van der Waals surface area contributed by atoms with Crippen LogP contribution in [-0.4, -0.2) is 28.0 Å². The molecule has 4 nitrogen and oxygen atoms in total. The van der Waals surface area contributed by atoms with Gasteiger partial charge in [-0.15, -0.1) is 0 Å². The minimum absolute atomic E-state index is 0.0627. The first-order chi connectivity index (χ1) is 9.55. The summed E-state index contributed by atoms with van der Waals surface area (Å²) in [5.74, 6) is -0.420. The Balaban J connectivity index is 2.22. The van der Waals surface area contributed by atoms with E-state index in [1.54, 1.807) is 6.07 Å². The van der Waals surface area contributed by atoms with Crippen LogP contribution in [0.2, 0.25) is 0 Å². The van der Waals surface area contributed by atoms with E-state index < -0.39 is 0 Å². The molecule has 0 spiro atoms. The Hall–Kier alpha value is -1.62. The van der Waals surface area contributed by atoms with Crippen LogP contribution >= 0.6 is 0 Å². The molecule has 2 atom stereocenters. The second kappa shape index (κ2) is 6.22. The van der Waals surface area contributed by atoms with Gasteiger partial charge in [0.1, 0.15) is 5.82 Å². The summed E-state index contributed by atoms with van der Waals surface area (Å²) in [6.07, 6.45) is 3.48. The van der Waals surface area contributed by atoms with Crippen LogP contribution in [0.3, 0.4) is 0 Å². The number of amidine groups is 1. The Morgan fingerprint density at radius 3 is 2.85 bits per heavy atom. The van der Waals surface area contributed by atoms with Crippen LogP contribution in [0.15, 0.2) is 23.4 Å². The first kappa shape index (κ1) is 14.8. The average Bonchev–Trinajstić information content (AvgIpc) is 2.78. The number of oxime groups is 1. The summed E-state index contributed by atoms with van der Waals surface area (Å²) in [4.78, 5) is 2.41. The highest BCUT2D eigenvalue weighted by atomic mass is 19.1. The third kappa shape index (κ3) is 3.10. The van der Waals surface area contributed by atoms with E-state index in [-0.39, 0.29) is 11.7 Å². The predicted molar refractivity (Wildman–Crippen MR) is 77.2 cm³/mol. The van der Waals surface area contributed by atoms with E-state index in [0.717, 1.165) is 12.0 Å². The number of likely N-dealkylation sites (tertiary alicyclic amines) is 1. The Kier molecular flexibility index (Phi) is 4.60. The summed E-state index contributed by atoms with van der Waals surface area (Å²) in [7, 11) is 0. The van der Waals surface area contributed by atoms with E-state index in [4.69, 9.17) is 10.9 Å². The first-order valence-electron chi connectivity index (χ1n) is 7.08. The lowest BCUT2D eigenvalue weighted by molar-refractivity contribution is 0.189. The molecule has 1 aliphatic rings. The van der Waals surface area contributed by atoms with E-state index >= 15 is 0 Å². The van der Waals surface area contributed by atoms with Gasteiger partial charge in [0.15, 0.2) is 5.84 Å². The van der Waals surface area contributed by atoms with Crippen molar-refractivity contribution < 1.29 is 9.60 Å². The van der Waals surface area contributed by atoms with Gasteiger partial charge in [-0.1, -0.05) is 12.1 Å². The van der Waals surface area contributed by atoms with Crippen molar-refractivity contribution in [1.82, 2.24) is 4.90 Å². The lowest BCUT2D eigenvalue weighted by Gasteiger charge is -2.27. The van der Waals surface area contributed by atoms with Crippen LogP contribution in [0, 0.1) is 5.82 Å². The predicted octanol–water partition coefficient (Wildman–Crippen LogP) is 2.68. The van der Waals surface area contributed by atoms with Crippen LogP contribution in [-0.2, 0) is 6.54 Å². The maximum atomic E-state index is 13.7. The molecule has 0 saturated carbocycles. The van der Waals surface area contributed by atoms with Crippen molar-refractivity contribution in [2.75, 3.05) is 0 Å². The molecule has 0 amide bonds. The third-order valence-electron chi connectivity index (χ3n) is 4.15. The van der Waals surface area contributed by atoms with Gasteiger partial charge >= 0.3 is 0 Å². The van der Waals surface area contributed by atoms with E-state index in [1.165, 1.54) is 25.0 Å². The minimum atomic E-state index is -0.357. The molecule has 1 saturated heterocycles. The van der Waals surface area contributed by atoms with Crippen LogP contribution < -0.4 is 5.73 Å². The fourth-order valence-electron chi connectivity index (χ4n) is 3.01. The van der Waals surface area contributed by atoms with Crippen molar-refractivity contribution in [3.05, 3.63) is 35.1 Å². The highest BCUT2D eigenvalue weighted by Crippen LogP contribution is 2.28. The second-order valence-electron chi connectivity index (χ2n) is 5.49. The molecule has 2 rings (SSSR count). The zero-order chi connectivity index (χ0) is 14.7. The van der Waals surface area contributed by atoms with Gasteiger partial charge in [0, 0.05) is 24.2 Å². The van der Waals surface area contributed by atoms with Gasteiger partial charge in [0.05, 0.1) is 0 Å². The van der Waals surface area contributed by atoms with Crippen LogP contribution in [0.1, 0.15) is 44.2 Å². The maximum absolute atomic E-state index is 13.7. The van der Waals surface area contributed by atoms with Crippen molar-refractivity contribution in [3.8, 4) is 0 Å². The van der Waals surface area contributed by atoms with E-state index in [2.05, 4.69) is 23.9 Å². The maximum Gasteiger partial charge on any atom is 0.170 e. The molecule has 5 heteroatoms. The molecule has 1 aromatic rings. The summed E-state index contributed by atoms with van der Waals surface area (Å²) < 4.78 is 13.7. The first-order valence-corrected chi connectivity index (χ1v) is 7.08. The number of halogens is 1. The van der Waals surface area contributed by atoms with Gasteiger partial charge in [0.25, 0.3) is 0 Å². The van der Waals surface area contributed by atoms with Crippen molar-refractivity contribution in [2.24, 2.45) is 10.9 Å². The SMILES string of the molecule is CCC1CCC(C)N1Cc1cc(F)cc(/C(N)=N/O)c1. The summed E-state index contributed by atoms with van der Waals surface area (Å²) in [5, 5.41) is 11.6. The molecule has 20 heavy (non-hydrogen) atoms. The Morgan fingerprint density at radius 1 is 1.45 bits per heavy atom. The van der Waals surface area contributed by atoms with Gasteiger partial charge in [-0.05, 0) is 49.9 Å². The van der Waals surface area contributed by atoms with Crippen LogP contribution in [0.5, 0.6) is 0 Å². The Labute approximate surface area is 119 Å². The molecule has 0 aromatic heterocycles. The molecule has 1 heterocycles. The summed E-state index contributed by atoms with van der Waals surface area (Å²) in [5.41, 5.74) is 6.82. The van der Waals surface area contributed by atoms with E-state index in [0.29, 0.717) is 24.2 Å². The molecule has 1 fully saturated rings. The normalized spacial score (nSPS) is 24.2. The quantitative estimate of drug-likeness (QED) is 0.385. The lowest BCUT2D eigenvalue weighted by Crippen LogP contribution is -2.33. The van der Waals surface area contributed by atoms with E-state index in [1.807, 2.05) is 0 Å².